The Balaban J connectivity index is 0.000000231. The van der Waals surface area contributed by atoms with E-state index in [0.717, 1.165) is 38.6 Å². The highest BCUT2D eigenvalue weighted by molar-refractivity contribution is 9.10. The quantitative estimate of drug-likeness (QED) is 0.172. The number of hydrogen-bond donors (Lipinski definition) is 2. The van der Waals surface area contributed by atoms with Gasteiger partial charge in [0.05, 0.1) is 0 Å². The Bertz CT molecular complexity index is 1560. The second kappa shape index (κ2) is 15.6. The molecule has 6 aromatic carbocycles. The lowest BCUT2D eigenvalue weighted by Gasteiger charge is -2.25. The van der Waals surface area contributed by atoms with Crippen molar-refractivity contribution < 1.29 is 11.5 Å². The molecular weight excluding hydrogens is 595 g/mol. The topological polar surface area (TPSA) is 46.9 Å². The molecule has 0 saturated heterocycles. The third-order valence-corrected chi connectivity index (χ3v) is 7.12. The van der Waals surface area contributed by atoms with Gasteiger partial charge >= 0.3 is 7.12 Å². The summed E-state index contributed by atoms with van der Waals surface area (Å²) in [5.41, 5.74) is 6.98. The molecule has 216 valence electrons. The summed E-state index contributed by atoms with van der Waals surface area (Å²) < 4.78 is 1.09. The third kappa shape index (κ3) is 8.24. The molecule has 0 fully saturated rings. The molecule has 6 aromatic rings. The zero-order valence-electron chi connectivity index (χ0n) is 22.9. The smallest absolute Gasteiger partial charge is 0.423 e. The first-order valence-electron chi connectivity index (χ1n) is 13.6. The van der Waals surface area contributed by atoms with Crippen molar-refractivity contribution in [3.8, 4) is 0 Å². The van der Waals surface area contributed by atoms with Crippen LogP contribution >= 0.6 is 15.9 Å². The van der Waals surface area contributed by atoms with Crippen molar-refractivity contribution in [3.05, 3.63) is 174 Å². The highest BCUT2D eigenvalue weighted by Crippen LogP contribution is 2.35. The maximum atomic E-state index is 9.23. The van der Waals surface area contributed by atoms with Crippen molar-refractivity contribution in [3.63, 3.8) is 0 Å². The predicted octanol–water partition coefficient (Wildman–Crippen LogP) is 9.64. The largest absolute Gasteiger partial charge is 0.488 e. The second-order valence-corrected chi connectivity index (χ2v) is 10.4. The molecule has 4 nitrogen and oxygen atoms in total. The van der Waals surface area contributed by atoms with E-state index in [1.807, 2.05) is 84.9 Å². The number of rotatable bonds is 7. The van der Waals surface area contributed by atoms with E-state index >= 15 is 0 Å². The highest BCUT2D eigenvalue weighted by Gasteiger charge is 2.15. The van der Waals surface area contributed by atoms with Crippen LogP contribution in [0.3, 0.4) is 0 Å². The molecule has 0 radical (unpaired) electrons. The van der Waals surface area contributed by atoms with E-state index < -0.39 is 7.12 Å². The van der Waals surface area contributed by atoms with Crippen LogP contribution in [0.4, 0.5) is 34.1 Å². The van der Waals surface area contributed by atoms with Crippen LogP contribution in [0.5, 0.6) is 0 Å². The first-order chi connectivity index (χ1) is 20.6. The highest BCUT2D eigenvalue weighted by atomic mass is 79.9. The summed E-state index contributed by atoms with van der Waals surface area (Å²) in [6.45, 7) is 0. The Morgan fingerprint density at radius 3 is 0.930 bits per heavy atom. The number of halogens is 1. The Labute approximate surface area is 264 Å². The van der Waals surface area contributed by atoms with Gasteiger partial charge in [-0.1, -0.05) is 108 Å². The van der Waals surface area contributed by atoms with Gasteiger partial charge in [-0.3, -0.25) is 0 Å². The molecule has 0 amide bonds. The van der Waals surface area contributed by atoms with Crippen LogP contribution in [0.2, 0.25) is 0 Å². The maximum absolute atomic E-state index is 9.23. The Morgan fingerprint density at radius 1 is 0.395 bits per heavy atom. The molecule has 0 bridgehead atoms. The lowest BCUT2D eigenvalue weighted by Crippen LogP contribution is -2.29. The molecule has 6 heteroatoms. The van der Waals surface area contributed by atoms with Crippen LogP contribution in [0.15, 0.2) is 174 Å². The van der Waals surface area contributed by atoms with Gasteiger partial charge in [-0.05, 0) is 90.4 Å². The van der Waals surface area contributed by atoms with E-state index in [1.165, 1.54) is 0 Å². The minimum absolute atomic E-state index is 0. The standard InChI is InChI=1S/C18H16BNO2.C18H14BrN.CH4.H2/c21-19(22)15-11-13-18(14-12-15)20(16-7-3-1-4-8-16)17-9-5-2-6-10-17;19-15-11-13-18(14-12-15)20(16-7-3-1-4-8-16)17-9-5-2-6-10-17;;/h1-14,21-22H;1-14H;1H4;1H/i;;;1+1. The lowest BCUT2D eigenvalue weighted by atomic mass is 9.80. The number of nitrogens with zero attached hydrogens (tertiary/aromatic N) is 2. The van der Waals surface area contributed by atoms with Crippen LogP contribution in [0, 0.1) is 0 Å². The minimum atomic E-state index is -1.45. The van der Waals surface area contributed by atoms with Gasteiger partial charge in [0.1, 0.15) is 0 Å². The number of hydrogen-bond acceptors (Lipinski definition) is 4. The van der Waals surface area contributed by atoms with Crippen molar-refractivity contribution in [2.24, 2.45) is 0 Å². The molecule has 0 aliphatic rings. The summed E-state index contributed by atoms with van der Waals surface area (Å²) in [7, 11) is -1.45. The molecule has 0 saturated carbocycles. The first-order valence-corrected chi connectivity index (χ1v) is 14.4. The fraction of sp³-hybridized carbons (Fsp3) is 0.0270. The van der Waals surface area contributed by atoms with Gasteiger partial charge < -0.3 is 19.8 Å². The van der Waals surface area contributed by atoms with Crippen LogP contribution in [0.25, 0.3) is 0 Å². The van der Waals surface area contributed by atoms with E-state index in [-0.39, 0.29) is 8.85 Å². The molecule has 0 unspecified atom stereocenters. The summed E-state index contributed by atoms with van der Waals surface area (Å²) in [4.78, 5) is 4.36. The van der Waals surface area contributed by atoms with Crippen molar-refractivity contribution in [1.29, 1.82) is 0 Å². The monoisotopic (exact) mass is 631 g/mol. The normalized spacial score (nSPS) is 10.0. The van der Waals surface area contributed by atoms with Gasteiger partial charge in [-0.2, -0.15) is 0 Å². The summed E-state index contributed by atoms with van der Waals surface area (Å²) in [5.74, 6) is 0. The molecule has 0 spiro atoms. The molecule has 0 aromatic heterocycles. The SMILES string of the molecule is Brc1ccc(N(c2ccccc2)c2ccccc2)cc1.C.OB(O)c1ccc(N(c2ccccc2)c2ccccc2)cc1.[2HH]. The molecule has 43 heavy (non-hydrogen) atoms. The predicted molar refractivity (Wildman–Crippen MR) is 189 cm³/mol. The van der Waals surface area contributed by atoms with Gasteiger partial charge in [0, 0.05) is 40.0 Å². The van der Waals surface area contributed by atoms with Crippen LogP contribution in [0.1, 0.15) is 8.85 Å². The summed E-state index contributed by atoms with van der Waals surface area (Å²) in [6, 6.07) is 56.5. The van der Waals surface area contributed by atoms with Gasteiger partial charge in [0.25, 0.3) is 0 Å². The Morgan fingerprint density at radius 2 is 0.651 bits per heavy atom. The first kappa shape index (κ1) is 31.3. The molecule has 0 atom stereocenters. The molecule has 0 heterocycles. The fourth-order valence-electron chi connectivity index (χ4n) is 4.59. The van der Waals surface area contributed by atoms with Gasteiger partial charge in [0.2, 0.25) is 0 Å². The summed E-state index contributed by atoms with van der Waals surface area (Å²) in [6.07, 6.45) is 0. The summed E-state index contributed by atoms with van der Waals surface area (Å²) in [5, 5.41) is 18.5. The van der Waals surface area contributed by atoms with Gasteiger partial charge in [-0.25, -0.2) is 0 Å². The molecule has 0 aliphatic heterocycles. The van der Waals surface area contributed by atoms with E-state index in [9.17, 15) is 10.0 Å². The third-order valence-electron chi connectivity index (χ3n) is 6.59. The average Bonchev–Trinajstić information content (AvgIpc) is 3.05. The molecular formula is C37H36BBrN2O2. The zero-order valence-corrected chi connectivity index (χ0v) is 24.5. The van der Waals surface area contributed by atoms with Crippen molar-refractivity contribution >= 4 is 62.6 Å². The van der Waals surface area contributed by atoms with Gasteiger partial charge in [0.15, 0.2) is 0 Å². The van der Waals surface area contributed by atoms with E-state index in [0.29, 0.717) is 5.46 Å². The Hall–Kier alpha value is -4.62. The summed E-state index contributed by atoms with van der Waals surface area (Å²) >= 11 is 3.49. The molecule has 2 N–H and O–H groups in total. The number of para-hydroxylation sites is 4. The zero-order chi connectivity index (χ0) is 29.1. The fourth-order valence-corrected chi connectivity index (χ4v) is 4.85. The van der Waals surface area contributed by atoms with Crippen LogP contribution in [-0.4, -0.2) is 17.2 Å². The van der Waals surface area contributed by atoms with Crippen LogP contribution < -0.4 is 15.3 Å². The van der Waals surface area contributed by atoms with E-state index in [4.69, 9.17) is 0 Å². The molecule has 0 aliphatic carbocycles. The number of benzene rings is 6. The van der Waals surface area contributed by atoms with E-state index in [1.54, 1.807) is 12.1 Å². The molecule has 6 rings (SSSR count). The van der Waals surface area contributed by atoms with Crippen molar-refractivity contribution in [2.45, 2.75) is 7.43 Å². The van der Waals surface area contributed by atoms with Crippen molar-refractivity contribution in [1.82, 2.24) is 0 Å². The average molecular weight is 632 g/mol. The number of anilines is 6. The van der Waals surface area contributed by atoms with Crippen molar-refractivity contribution in [2.75, 3.05) is 9.80 Å². The van der Waals surface area contributed by atoms with E-state index in [2.05, 4.69) is 98.5 Å². The second-order valence-electron chi connectivity index (χ2n) is 9.45. The Kier molecular flexibility index (Phi) is 11.3. The van der Waals surface area contributed by atoms with Crippen LogP contribution in [-0.2, 0) is 0 Å². The lowest BCUT2D eigenvalue weighted by molar-refractivity contribution is 0.426. The maximum Gasteiger partial charge on any atom is 0.488 e. The minimum Gasteiger partial charge on any atom is -0.423 e. The van der Waals surface area contributed by atoms with Gasteiger partial charge in [-0.15, -0.1) is 0 Å².